The van der Waals surface area contributed by atoms with Gasteiger partial charge in [0.15, 0.2) is 0 Å². The van der Waals surface area contributed by atoms with Crippen molar-refractivity contribution in [1.29, 1.82) is 0 Å². The fourth-order valence-electron chi connectivity index (χ4n) is 4.18. The first kappa shape index (κ1) is 21.6. The summed E-state index contributed by atoms with van der Waals surface area (Å²) in [6, 6.07) is 5.95. The van der Waals surface area contributed by atoms with Gasteiger partial charge in [-0.25, -0.2) is 0 Å². The van der Waals surface area contributed by atoms with Crippen LogP contribution in [0.5, 0.6) is 0 Å². The van der Waals surface area contributed by atoms with Crippen LogP contribution >= 0.6 is 11.8 Å². The first-order valence-electron chi connectivity index (χ1n) is 10.4. The van der Waals surface area contributed by atoms with Crippen LogP contribution in [0.2, 0.25) is 0 Å². The Bertz CT molecular complexity index is 762. The van der Waals surface area contributed by atoms with E-state index in [1.165, 1.54) is 18.6 Å². The van der Waals surface area contributed by atoms with E-state index in [0.29, 0.717) is 31.6 Å². The predicted octanol–water partition coefficient (Wildman–Crippen LogP) is 4.07. The summed E-state index contributed by atoms with van der Waals surface area (Å²) in [5.41, 5.74) is 0.288. The molecule has 1 aromatic carbocycles. The van der Waals surface area contributed by atoms with Crippen molar-refractivity contribution < 1.29 is 14.5 Å². The number of thioether (sulfide) groups is 1. The maximum absolute atomic E-state index is 13.1. The Morgan fingerprint density at radius 2 is 1.93 bits per heavy atom. The monoisotopic (exact) mass is 419 g/mol. The molecule has 2 heterocycles. The summed E-state index contributed by atoms with van der Waals surface area (Å²) in [4.78, 5) is 39.7. The van der Waals surface area contributed by atoms with Gasteiger partial charge in [0.25, 0.3) is 11.6 Å². The Morgan fingerprint density at radius 3 is 2.62 bits per heavy atom. The number of carbonyl (C=O) groups is 2. The fourth-order valence-corrected chi connectivity index (χ4v) is 5.64. The Kier molecular flexibility index (Phi) is 7.16. The minimum absolute atomic E-state index is 0.0692. The van der Waals surface area contributed by atoms with Crippen molar-refractivity contribution in [2.45, 2.75) is 56.7 Å². The summed E-state index contributed by atoms with van der Waals surface area (Å²) in [6.07, 6.45) is 6.48. The number of rotatable bonds is 7. The largest absolute Gasteiger partial charge is 0.342 e. The van der Waals surface area contributed by atoms with Gasteiger partial charge in [-0.05, 0) is 25.3 Å². The SMILES string of the molecule is CCCCCCC(=O)N1CCC2(CC1)SCCN2C(=O)c1cccc([N+](=O)[O-])c1. The molecule has 0 atom stereocenters. The highest BCUT2D eigenvalue weighted by atomic mass is 32.2. The van der Waals surface area contributed by atoms with Gasteiger partial charge < -0.3 is 9.80 Å². The fraction of sp³-hybridized carbons (Fsp3) is 0.619. The molecule has 2 aliphatic rings. The van der Waals surface area contributed by atoms with E-state index in [4.69, 9.17) is 0 Å². The van der Waals surface area contributed by atoms with Crippen LogP contribution in [-0.2, 0) is 4.79 Å². The number of unbranched alkanes of at least 4 members (excludes halogenated alkanes) is 3. The summed E-state index contributed by atoms with van der Waals surface area (Å²) < 4.78 is 0. The number of carbonyl (C=O) groups excluding carboxylic acids is 2. The summed E-state index contributed by atoms with van der Waals surface area (Å²) >= 11 is 1.78. The quantitative estimate of drug-likeness (QED) is 0.378. The maximum atomic E-state index is 13.1. The number of piperidine rings is 1. The lowest BCUT2D eigenvalue weighted by Gasteiger charge is -2.44. The molecule has 2 amide bonds. The smallest absolute Gasteiger partial charge is 0.270 e. The van der Waals surface area contributed by atoms with E-state index in [9.17, 15) is 19.7 Å². The van der Waals surface area contributed by atoms with E-state index in [1.54, 1.807) is 23.9 Å². The first-order chi connectivity index (χ1) is 14.0. The van der Waals surface area contributed by atoms with Gasteiger partial charge in [0.2, 0.25) is 5.91 Å². The Labute approximate surface area is 176 Å². The number of hydrogen-bond acceptors (Lipinski definition) is 5. The summed E-state index contributed by atoms with van der Waals surface area (Å²) in [5.74, 6) is 0.916. The minimum Gasteiger partial charge on any atom is -0.342 e. The van der Waals surface area contributed by atoms with Crippen LogP contribution in [0.15, 0.2) is 24.3 Å². The van der Waals surface area contributed by atoms with E-state index in [-0.39, 0.29) is 22.4 Å². The van der Waals surface area contributed by atoms with E-state index < -0.39 is 4.92 Å². The molecular weight excluding hydrogens is 390 g/mol. The van der Waals surface area contributed by atoms with E-state index in [2.05, 4.69) is 6.92 Å². The van der Waals surface area contributed by atoms with Crippen molar-refractivity contribution in [2.24, 2.45) is 0 Å². The van der Waals surface area contributed by atoms with Crippen LogP contribution in [0.3, 0.4) is 0 Å². The molecule has 0 saturated carbocycles. The lowest BCUT2D eigenvalue weighted by Crippen LogP contribution is -2.53. The normalized spacial score (nSPS) is 18.2. The highest BCUT2D eigenvalue weighted by Crippen LogP contribution is 2.44. The van der Waals surface area contributed by atoms with Gasteiger partial charge in [-0.1, -0.05) is 32.3 Å². The molecular formula is C21H29N3O4S. The maximum Gasteiger partial charge on any atom is 0.270 e. The molecule has 0 bridgehead atoms. The topological polar surface area (TPSA) is 83.8 Å². The van der Waals surface area contributed by atoms with Crippen LogP contribution in [0, 0.1) is 10.1 Å². The molecule has 0 radical (unpaired) electrons. The van der Waals surface area contributed by atoms with Gasteiger partial charge in [-0.3, -0.25) is 19.7 Å². The molecule has 0 N–H and O–H groups in total. The van der Waals surface area contributed by atoms with Crippen molar-refractivity contribution >= 4 is 29.3 Å². The molecule has 2 fully saturated rings. The van der Waals surface area contributed by atoms with Crippen molar-refractivity contribution in [1.82, 2.24) is 9.80 Å². The Morgan fingerprint density at radius 1 is 1.17 bits per heavy atom. The molecule has 29 heavy (non-hydrogen) atoms. The first-order valence-corrected chi connectivity index (χ1v) is 11.4. The molecule has 1 spiro atoms. The summed E-state index contributed by atoms with van der Waals surface area (Å²) in [7, 11) is 0. The van der Waals surface area contributed by atoms with Gasteiger partial charge in [-0.2, -0.15) is 0 Å². The number of nitro groups is 1. The lowest BCUT2D eigenvalue weighted by atomic mass is 10.00. The third-order valence-corrected chi connectivity index (χ3v) is 7.42. The van der Waals surface area contributed by atoms with Crippen LogP contribution < -0.4 is 0 Å². The standard InChI is InChI=1S/C21H29N3O4S/c1-2-3-4-5-9-19(25)22-12-10-21(11-13-22)23(14-15-29-21)20(26)17-7-6-8-18(16-17)24(27)28/h6-8,16H,2-5,9-15H2,1H3. The zero-order valence-electron chi connectivity index (χ0n) is 17.0. The van der Waals surface area contributed by atoms with Crippen LogP contribution in [0.25, 0.3) is 0 Å². The zero-order valence-corrected chi connectivity index (χ0v) is 17.8. The summed E-state index contributed by atoms with van der Waals surface area (Å²) in [6.45, 7) is 4.12. The molecule has 7 nitrogen and oxygen atoms in total. The average Bonchev–Trinajstić information content (AvgIpc) is 3.14. The molecule has 2 aliphatic heterocycles. The second-order valence-electron chi connectivity index (χ2n) is 7.75. The molecule has 158 valence electrons. The van der Waals surface area contributed by atoms with E-state index in [1.807, 2.05) is 9.80 Å². The third kappa shape index (κ3) is 4.91. The van der Waals surface area contributed by atoms with Crippen molar-refractivity contribution in [3.63, 3.8) is 0 Å². The minimum atomic E-state index is -0.476. The van der Waals surface area contributed by atoms with Crippen molar-refractivity contribution in [2.75, 3.05) is 25.4 Å². The highest BCUT2D eigenvalue weighted by molar-refractivity contribution is 8.00. The number of amides is 2. The number of nitrogens with zero attached hydrogens (tertiary/aromatic N) is 3. The molecule has 3 rings (SSSR count). The van der Waals surface area contributed by atoms with E-state index in [0.717, 1.165) is 37.9 Å². The number of likely N-dealkylation sites (tertiary alicyclic amines) is 1. The highest BCUT2D eigenvalue weighted by Gasteiger charge is 2.47. The van der Waals surface area contributed by atoms with Gasteiger partial charge in [0.05, 0.1) is 9.79 Å². The van der Waals surface area contributed by atoms with Crippen molar-refractivity contribution in [3.8, 4) is 0 Å². The number of benzene rings is 1. The lowest BCUT2D eigenvalue weighted by molar-refractivity contribution is -0.384. The number of non-ortho nitro benzene ring substituents is 1. The molecule has 2 saturated heterocycles. The Balaban J connectivity index is 1.62. The predicted molar refractivity (Wildman–Crippen MR) is 114 cm³/mol. The average molecular weight is 420 g/mol. The molecule has 8 heteroatoms. The number of nitro benzene ring substituents is 1. The molecule has 0 aromatic heterocycles. The second-order valence-corrected chi connectivity index (χ2v) is 9.21. The van der Waals surface area contributed by atoms with Gasteiger partial charge >= 0.3 is 0 Å². The van der Waals surface area contributed by atoms with Crippen LogP contribution in [0.1, 0.15) is 62.2 Å². The van der Waals surface area contributed by atoms with Crippen LogP contribution in [-0.4, -0.2) is 56.8 Å². The number of hydrogen-bond donors (Lipinski definition) is 0. The Hall–Kier alpha value is -2.09. The zero-order chi connectivity index (χ0) is 20.9. The third-order valence-electron chi connectivity index (χ3n) is 5.87. The molecule has 0 aliphatic carbocycles. The molecule has 1 aromatic rings. The van der Waals surface area contributed by atoms with E-state index >= 15 is 0 Å². The van der Waals surface area contributed by atoms with Gasteiger partial charge in [0.1, 0.15) is 0 Å². The van der Waals surface area contributed by atoms with Crippen LogP contribution in [0.4, 0.5) is 5.69 Å². The second kappa shape index (κ2) is 9.61. The molecule has 0 unspecified atom stereocenters. The van der Waals surface area contributed by atoms with Gasteiger partial charge in [-0.15, -0.1) is 11.8 Å². The van der Waals surface area contributed by atoms with Gasteiger partial charge in [0, 0.05) is 49.5 Å². The van der Waals surface area contributed by atoms with Crippen molar-refractivity contribution in [3.05, 3.63) is 39.9 Å². The summed E-state index contributed by atoms with van der Waals surface area (Å²) in [5, 5.41) is 11.0.